The lowest BCUT2D eigenvalue weighted by Gasteiger charge is -2.20. The molecule has 1 aromatic heterocycles. The molecule has 0 amide bonds. The molecule has 1 saturated heterocycles. The predicted molar refractivity (Wildman–Crippen MR) is 75.4 cm³/mol. The predicted octanol–water partition coefficient (Wildman–Crippen LogP) is 1.29. The summed E-state index contributed by atoms with van der Waals surface area (Å²) in [6, 6.07) is 2.01. The van der Waals surface area contributed by atoms with E-state index >= 15 is 0 Å². The maximum atomic E-state index is 9.99. The molecule has 1 aliphatic carbocycles. The van der Waals surface area contributed by atoms with Crippen LogP contribution in [0, 0.1) is 11.8 Å². The molecule has 2 heterocycles. The number of aromatic nitrogens is 2. The monoisotopic (exact) mass is 262 g/mol. The normalized spacial score (nSPS) is 29.6. The molecule has 0 radical (unpaired) electrons. The lowest BCUT2D eigenvalue weighted by Crippen LogP contribution is -2.25. The number of fused-ring (bicyclic) bond motifs is 1. The number of hydrogen-bond donors (Lipinski definition) is 2. The van der Waals surface area contributed by atoms with Crippen LogP contribution in [0.4, 0.5) is 11.6 Å². The SMILES string of the molecule is CCc1nc(NC)cc(N2CC3CCC(O)C3C2)n1. The molecule has 0 bridgehead atoms. The van der Waals surface area contributed by atoms with E-state index in [-0.39, 0.29) is 6.10 Å². The van der Waals surface area contributed by atoms with Crippen LogP contribution in [0.1, 0.15) is 25.6 Å². The van der Waals surface area contributed by atoms with Gasteiger partial charge in [0.1, 0.15) is 17.5 Å². The van der Waals surface area contributed by atoms with Gasteiger partial charge in [-0.3, -0.25) is 0 Å². The first-order valence-corrected chi connectivity index (χ1v) is 7.20. The molecule has 5 nitrogen and oxygen atoms in total. The molecule has 0 aromatic carbocycles. The molecule has 104 valence electrons. The fourth-order valence-electron chi connectivity index (χ4n) is 3.36. The second kappa shape index (κ2) is 4.96. The van der Waals surface area contributed by atoms with Crippen LogP contribution in [-0.2, 0) is 6.42 Å². The van der Waals surface area contributed by atoms with E-state index < -0.39 is 0 Å². The van der Waals surface area contributed by atoms with Crippen molar-refractivity contribution in [1.29, 1.82) is 0 Å². The summed E-state index contributed by atoms with van der Waals surface area (Å²) in [5, 5.41) is 13.1. The molecule has 2 fully saturated rings. The summed E-state index contributed by atoms with van der Waals surface area (Å²) < 4.78 is 0. The van der Waals surface area contributed by atoms with Crippen molar-refractivity contribution in [2.75, 3.05) is 30.4 Å². The number of rotatable bonds is 3. The van der Waals surface area contributed by atoms with Crippen molar-refractivity contribution in [2.24, 2.45) is 11.8 Å². The Morgan fingerprint density at radius 1 is 1.37 bits per heavy atom. The summed E-state index contributed by atoms with van der Waals surface area (Å²) in [4.78, 5) is 11.4. The average Bonchev–Trinajstić information content (AvgIpc) is 3.01. The molecule has 1 aromatic rings. The highest BCUT2D eigenvalue weighted by Crippen LogP contribution is 2.39. The van der Waals surface area contributed by atoms with Gasteiger partial charge in [-0.2, -0.15) is 0 Å². The zero-order valence-corrected chi connectivity index (χ0v) is 11.6. The van der Waals surface area contributed by atoms with E-state index in [1.807, 2.05) is 13.1 Å². The van der Waals surface area contributed by atoms with Crippen LogP contribution in [0.15, 0.2) is 6.07 Å². The minimum absolute atomic E-state index is 0.119. The lowest BCUT2D eigenvalue weighted by atomic mass is 10.00. The summed E-state index contributed by atoms with van der Waals surface area (Å²) in [7, 11) is 1.88. The van der Waals surface area contributed by atoms with Crippen LogP contribution in [-0.4, -0.2) is 41.3 Å². The molecule has 3 rings (SSSR count). The van der Waals surface area contributed by atoms with Crippen molar-refractivity contribution >= 4 is 11.6 Å². The number of hydrogen-bond acceptors (Lipinski definition) is 5. The van der Waals surface area contributed by atoms with Crippen LogP contribution >= 0.6 is 0 Å². The number of nitrogens with zero attached hydrogens (tertiary/aromatic N) is 3. The topological polar surface area (TPSA) is 61.3 Å². The summed E-state index contributed by atoms with van der Waals surface area (Å²) >= 11 is 0. The van der Waals surface area contributed by atoms with Crippen molar-refractivity contribution < 1.29 is 5.11 Å². The molecular formula is C14H22N4O. The quantitative estimate of drug-likeness (QED) is 0.859. The van der Waals surface area contributed by atoms with Crippen LogP contribution in [0.2, 0.25) is 0 Å². The third kappa shape index (κ3) is 2.27. The van der Waals surface area contributed by atoms with Gasteiger partial charge in [0, 0.05) is 38.5 Å². The van der Waals surface area contributed by atoms with Crippen molar-refractivity contribution in [2.45, 2.75) is 32.3 Å². The molecule has 2 N–H and O–H groups in total. The van der Waals surface area contributed by atoms with Gasteiger partial charge in [-0.1, -0.05) is 6.92 Å². The highest BCUT2D eigenvalue weighted by Gasteiger charge is 2.42. The molecule has 2 aliphatic rings. The van der Waals surface area contributed by atoms with Crippen molar-refractivity contribution in [3.05, 3.63) is 11.9 Å². The summed E-state index contributed by atoms with van der Waals surface area (Å²) in [6.07, 6.45) is 2.83. The van der Waals surface area contributed by atoms with E-state index in [9.17, 15) is 5.11 Å². The molecule has 5 heteroatoms. The smallest absolute Gasteiger partial charge is 0.134 e. The molecule has 3 unspecified atom stereocenters. The zero-order chi connectivity index (χ0) is 13.4. The van der Waals surface area contributed by atoms with Gasteiger partial charge in [0.15, 0.2) is 0 Å². The zero-order valence-electron chi connectivity index (χ0n) is 11.6. The molecule has 19 heavy (non-hydrogen) atoms. The fourth-order valence-corrected chi connectivity index (χ4v) is 3.36. The van der Waals surface area contributed by atoms with Gasteiger partial charge in [0.05, 0.1) is 6.10 Å². The summed E-state index contributed by atoms with van der Waals surface area (Å²) in [6.45, 7) is 4.02. The first-order chi connectivity index (χ1) is 9.21. The van der Waals surface area contributed by atoms with Crippen LogP contribution in [0.25, 0.3) is 0 Å². The average molecular weight is 262 g/mol. The molecule has 1 saturated carbocycles. The Hall–Kier alpha value is -1.36. The van der Waals surface area contributed by atoms with E-state index in [1.54, 1.807) is 0 Å². The third-order valence-corrected chi connectivity index (χ3v) is 4.47. The molecule has 1 aliphatic heterocycles. The molecule has 0 spiro atoms. The Balaban J connectivity index is 1.83. The first-order valence-electron chi connectivity index (χ1n) is 7.20. The minimum atomic E-state index is -0.119. The Morgan fingerprint density at radius 2 is 2.21 bits per heavy atom. The Kier molecular flexibility index (Phi) is 3.31. The van der Waals surface area contributed by atoms with E-state index in [1.165, 1.54) is 0 Å². The van der Waals surface area contributed by atoms with Gasteiger partial charge in [0.25, 0.3) is 0 Å². The van der Waals surface area contributed by atoms with Gasteiger partial charge < -0.3 is 15.3 Å². The Morgan fingerprint density at radius 3 is 2.89 bits per heavy atom. The summed E-state index contributed by atoms with van der Waals surface area (Å²) in [5.74, 6) is 3.81. The second-order valence-corrected chi connectivity index (χ2v) is 5.60. The van der Waals surface area contributed by atoms with Gasteiger partial charge in [0.2, 0.25) is 0 Å². The van der Waals surface area contributed by atoms with Crippen molar-refractivity contribution in [3.8, 4) is 0 Å². The van der Waals surface area contributed by atoms with E-state index in [2.05, 4.69) is 27.1 Å². The van der Waals surface area contributed by atoms with Crippen LogP contribution in [0.5, 0.6) is 0 Å². The maximum absolute atomic E-state index is 9.99. The van der Waals surface area contributed by atoms with Gasteiger partial charge >= 0.3 is 0 Å². The number of anilines is 2. The van der Waals surface area contributed by atoms with E-state index in [4.69, 9.17) is 0 Å². The van der Waals surface area contributed by atoms with Gasteiger partial charge in [-0.15, -0.1) is 0 Å². The number of nitrogens with one attached hydrogen (secondary N) is 1. The highest BCUT2D eigenvalue weighted by atomic mass is 16.3. The largest absolute Gasteiger partial charge is 0.393 e. The number of aliphatic hydroxyl groups excluding tert-OH is 1. The first kappa shape index (κ1) is 12.7. The van der Waals surface area contributed by atoms with Crippen LogP contribution in [0.3, 0.4) is 0 Å². The maximum Gasteiger partial charge on any atom is 0.134 e. The lowest BCUT2D eigenvalue weighted by molar-refractivity contribution is 0.133. The van der Waals surface area contributed by atoms with E-state index in [0.717, 1.165) is 49.8 Å². The summed E-state index contributed by atoms with van der Waals surface area (Å²) in [5.41, 5.74) is 0. The molecular weight excluding hydrogens is 240 g/mol. The Bertz CT molecular complexity index is 443. The van der Waals surface area contributed by atoms with Crippen LogP contribution < -0.4 is 10.2 Å². The number of aliphatic hydroxyl groups is 1. The standard InChI is InChI=1S/C14H22N4O/c1-3-12-16-13(15-2)6-14(17-12)18-7-9-4-5-11(19)10(9)8-18/h6,9-11,19H,3-5,7-8H2,1-2H3,(H,15,16,17). The van der Waals surface area contributed by atoms with E-state index in [0.29, 0.717) is 11.8 Å². The van der Waals surface area contributed by atoms with Gasteiger partial charge in [-0.25, -0.2) is 9.97 Å². The van der Waals surface area contributed by atoms with Crippen molar-refractivity contribution in [1.82, 2.24) is 9.97 Å². The highest BCUT2D eigenvalue weighted by molar-refractivity contribution is 5.50. The Labute approximate surface area is 114 Å². The third-order valence-electron chi connectivity index (χ3n) is 4.47. The number of aryl methyl sites for hydroxylation is 1. The van der Waals surface area contributed by atoms with Crippen molar-refractivity contribution in [3.63, 3.8) is 0 Å². The minimum Gasteiger partial charge on any atom is -0.393 e. The molecule has 3 atom stereocenters. The van der Waals surface area contributed by atoms with Gasteiger partial charge in [-0.05, 0) is 18.8 Å². The second-order valence-electron chi connectivity index (χ2n) is 5.60. The fraction of sp³-hybridized carbons (Fsp3) is 0.714.